The van der Waals surface area contributed by atoms with E-state index < -0.39 is 8.80 Å². The first-order valence-corrected chi connectivity index (χ1v) is 13.4. The Morgan fingerprint density at radius 3 is 2.56 bits per heavy atom. The molecule has 0 saturated heterocycles. The number of nitriles is 1. The second kappa shape index (κ2) is 8.62. The molecule has 34 heavy (non-hydrogen) atoms. The average Bonchev–Trinajstić information content (AvgIpc) is 2.92. The number of fused-ring (bicyclic) bond motifs is 1. The highest BCUT2D eigenvalue weighted by atomic mass is 28.3. The summed E-state index contributed by atoms with van der Waals surface area (Å²) in [5.41, 5.74) is 6.23. The van der Waals surface area contributed by atoms with Gasteiger partial charge in [-0.15, -0.1) is 0 Å². The summed E-state index contributed by atoms with van der Waals surface area (Å²) in [5, 5.41) is 13.7. The van der Waals surface area contributed by atoms with E-state index in [9.17, 15) is 0 Å². The number of hydrogen-bond donors (Lipinski definition) is 0. The van der Waals surface area contributed by atoms with Crippen molar-refractivity contribution >= 4 is 30.5 Å². The summed E-state index contributed by atoms with van der Waals surface area (Å²) in [5.74, 6) is 0. The minimum Gasteiger partial charge on any atom is -0.311 e. The standard InChI is InChI=1S/C30H23N3Si/c31-20-22-17-18-26(32-21-22)23-9-8-10-24(19-23)33-27-13-4-6-15-29(27)34(25-11-2-1-3-12-25)30-16-7-5-14-28(30)33/h1-6,8-15,17-19,21,34H,7,16H2. The molecule has 2 aliphatic rings. The van der Waals surface area contributed by atoms with Crippen molar-refractivity contribution in [2.75, 3.05) is 4.90 Å². The van der Waals surface area contributed by atoms with Crippen molar-refractivity contribution in [3.05, 3.63) is 126 Å². The van der Waals surface area contributed by atoms with Crippen LogP contribution in [0, 0.1) is 11.3 Å². The molecule has 162 valence electrons. The first kappa shape index (κ1) is 20.4. The van der Waals surface area contributed by atoms with Crippen molar-refractivity contribution in [2.45, 2.75) is 12.8 Å². The minimum absolute atomic E-state index is 0.573. The molecule has 1 aromatic heterocycles. The molecule has 6 rings (SSSR count). The number of anilines is 2. The van der Waals surface area contributed by atoms with Gasteiger partial charge in [0.2, 0.25) is 0 Å². The van der Waals surface area contributed by atoms with Crippen molar-refractivity contribution in [1.29, 1.82) is 5.26 Å². The molecule has 0 fully saturated rings. The molecular formula is C30H23N3Si. The fourth-order valence-corrected chi connectivity index (χ4v) is 8.72. The lowest BCUT2D eigenvalue weighted by Crippen LogP contribution is -2.51. The van der Waals surface area contributed by atoms with E-state index in [1.165, 1.54) is 21.8 Å². The van der Waals surface area contributed by atoms with Gasteiger partial charge in [-0.3, -0.25) is 4.98 Å². The second-order valence-electron chi connectivity index (χ2n) is 8.68. The molecule has 4 aromatic rings. The fourth-order valence-electron chi connectivity index (χ4n) is 5.17. The van der Waals surface area contributed by atoms with Gasteiger partial charge in [0.25, 0.3) is 0 Å². The maximum Gasteiger partial charge on any atom is 0.133 e. The van der Waals surface area contributed by atoms with Crippen LogP contribution in [0.1, 0.15) is 18.4 Å². The van der Waals surface area contributed by atoms with E-state index >= 15 is 0 Å². The van der Waals surface area contributed by atoms with Crippen LogP contribution < -0.4 is 15.3 Å². The van der Waals surface area contributed by atoms with Crippen LogP contribution >= 0.6 is 0 Å². The van der Waals surface area contributed by atoms with E-state index in [1.54, 1.807) is 11.4 Å². The third kappa shape index (κ3) is 3.47. The number of aromatic nitrogens is 1. The maximum atomic E-state index is 9.12. The van der Waals surface area contributed by atoms with Crippen LogP contribution in [-0.4, -0.2) is 13.8 Å². The summed E-state index contributed by atoms with van der Waals surface area (Å²) in [4.78, 5) is 6.95. The van der Waals surface area contributed by atoms with E-state index in [4.69, 9.17) is 5.26 Å². The molecule has 1 aliphatic carbocycles. The number of para-hydroxylation sites is 1. The largest absolute Gasteiger partial charge is 0.311 e. The quantitative estimate of drug-likeness (QED) is 0.398. The highest BCUT2D eigenvalue weighted by Crippen LogP contribution is 2.39. The molecular weight excluding hydrogens is 430 g/mol. The molecule has 4 heteroatoms. The Bertz CT molecular complexity index is 1460. The first-order valence-electron chi connectivity index (χ1n) is 11.6. The summed E-state index contributed by atoms with van der Waals surface area (Å²) in [6.07, 6.45) is 8.48. The van der Waals surface area contributed by atoms with Crippen LogP contribution in [0.2, 0.25) is 0 Å². The highest BCUT2D eigenvalue weighted by molar-refractivity contribution is 6.92. The lowest BCUT2D eigenvalue weighted by Gasteiger charge is -2.40. The second-order valence-corrected chi connectivity index (χ2v) is 11.5. The lowest BCUT2D eigenvalue weighted by molar-refractivity contribution is 0.968. The summed E-state index contributed by atoms with van der Waals surface area (Å²) in [7, 11) is -1.52. The Morgan fingerprint density at radius 2 is 1.74 bits per heavy atom. The molecule has 0 radical (unpaired) electrons. The number of benzene rings is 3. The zero-order valence-electron chi connectivity index (χ0n) is 18.7. The summed E-state index contributed by atoms with van der Waals surface area (Å²) in [6.45, 7) is 0. The summed E-state index contributed by atoms with van der Waals surface area (Å²) >= 11 is 0. The number of rotatable bonds is 3. The van der Waals surface area contributed by atoms with Gasteiger partial charge < -0.3 is 4.90 Å². The predicted octanol–water partition coefficient (Wildman–Crippen LogP) is 5.26. The van der Waals surface area contributed by atoms with Gasteiger partial charge in [0, 0.05) is 28.8 Å². The maximum absolute atomic E-state index is 9.12. The van der Waals surface area contributed by atoms with E-state index in [-0.39, 0.29) is 0 Å². The molecule has 3 nitrogen and oxygen atoms in total. The zero-order chi connectivity index (χ0) is 22.9. The molecule has 0 N–H and O–H groups in total. The molecule has 1 unspecified atom stereocenters. The number of allylic oxidation sites excluding steroid dienone is 3. The number of nitrogens with zero attached hydrogens (tertiary/aromatic N) is 3. The van der Waals surface area contributed by atoms with Crippen molar-refractivity contribution in [1.82, 2.24) is 4.98 Å². The number of hydrogen-bond acceptors (Lipinski definition) is 3. The Labute approximate surface area is 201 Å². The van der Waals surface area contributed by atoms with Crippen LogP contribution in [0.15, 0.2) is 120 Å². The molecule has 2 heterocycles. The fraction of sp³-hybridized carbons (Fsp3) is 0.0667. The summed E-state index contributed by atoms with van der Waals surface area (Å²) in [6, 6.07) is 34.5. The van der Waals surface area contributed by atoms with Gasteiger partial charge in [0.1, 0.15) is 14.9 Å². The predicted molar refractivity (Wildman–Crippen MR) is 141 cm³/mol. The van der Waals surface area contributed by atoms with Crippen molar-refractivity contribution in [3.8, 4) is 17.3 Å². The smallest absolute Gasteiger partial charge is 0.133 e. The molecule has 1 atom stereocenters. The van der Waals surface area contributed by atoms with E-state index in [2.05, 4.69) is 107 Å². The highest BCUT2D eigenvalue weighted by Gasteiger charge is 2.35. The Morgan fingerprint density at radius 1 is 0.882 bits per heavy atom. The van der Waals surface area contributed by atoms with E-state index in [1.807, 2.05) is 12.1 Å². The van der Waals surface area contributed by atoms with E-state index in [0.717, 1.165) is 29.8 Å². The first-order chi connectivity index (χ1) is 16.8. The number of pyridine rings is 1. The van der Waals surface area contributed by atoms with Gasteiger partial charge in [-0.2, -0.15) is 5.26 Å². The van der Waals surface area contributed by atoms with E-state index in [0.29, 0.717) is 5.56 Å². The van der Waals surface area contributed by atoms with Gasteiger partial charge in [0.15, 0.2) is 0 Å². The molecule has 0 bridgehead atoms. The molecule has 1 aliphatic heterocycles. The van der Waals surface area contributed by atoms with Crippen LogP contribution in [0.4, 0.5) is 11.4 Å². The van der Waals surface area contributed by atoms with Gasteiger partial charge in [-0.25, -0.2) is 0 Å². The lowest BCUT2D eigenvalue weighted by atomic mass is 10.1. The van der Waals surface area contributed by atoms with Gasteiger partial charge in [0.05, 0.1) is 11.3 Å². The third-order valence-corrected chi connectivity index (χ3v) is 10.1. The van der Waals surface area contributed by atoms with Crippen LogP contribution in [0.25, 0.3) is 11.3 Å². The van der Waals surface area contributed by atoms with Gasteiger partial charge >= 0.3 is 0 Å². The monoisotopic (exact) mass is 453 g/mol. The SMILES string of the molecule is N#Cc1ccc(-c2cccc(N3C4=C(CCC=C4)[SiH](c4ccccc4)c4ccccc43)c2)nc1. The molecule has 0 amide bonds. The van der Waals surface area contributed by atoms with Crippen LogP contribution in [-0.2, 0) is 0 Å². The Kier molecular flexibility index (Phi) is 5.18. The normalized spacial score (nSPS) is 16.6. The van der Waals surface area contributed by atoms with Gasteiger partial charge in [-0.1, -0.05) is 77.1 Å². The van der Waals surface area contributed by atoms with Crippen LogP contribution in [0.3, 0.4) is 0 Å². The van der Waals surface area contributed by atoms with Gasteiger partial charge in [-0.05, 0) is 54.4 Å². The average molecular weight is 454 g/mol. The molecule has 0 saturated carbocycles. The van der Waals surface area contributed by atoms with Crippen molar-refractivity contribution in [2.24, 2.45) is 0 Å². The topological polar surface area (TPSA) is 39.9 Å². The van der Waals surface area contributed by atoms with Crippen molar-refractivity contribution < 1.29 is 0 Å². The molecule has 0 spiro atoms. The third-order valence-electron chi connectivity index (χ3n) is 6.69. The molecule has 3 aromatic carbocycles. The minimum atomic E-state index is -1.52. The zero-order valence-corrected chi connectivity index (χ0v) is 19.9. The van der Waals surface area contributed by atoms with Crippen LogP contribution in [0.5, 0.6) is 0 Å². The Balaban J connectivity index is 1.52. The summed E-state index contributed by atoms with van der Waals surface area (Å²) < 4.78 is 0. The van der Waals surface area contributed by atoms with Crippen molar-refractivity contribution in [3.63, 3.8) is 0 Å². The Hall–Kier alpha value is -4.20.